The van der Waals surface area contributed by atoms with E-state index in [0.29, 0.717) is 0 Å². The largest absolute Gasteiger partial charge is 0.0898 e. The standard InChI is InChI=1S/C11H17P/c1-9-7-8-10(2)12(9)11-5-3-4-6-11/h3-6,9-11H,7-8H2,1-2H3/t9-,10-/m1/s1. The Balaban J connectivity index is 2.10. The van der Waals surface area contributed by atoms with Crippen molar-refractivity contribution < 1.29 is 0 Å². The van der Waals surface area contributed by atoms with E-state index in [1.165, 1.54) is 12.8 Å². The summed E-state index contributed by atoms with van der Waals surface area (Å²) in [5.74, 6) is 0. The van der Waals surface area contributed by atoms with E-state index in [1.807, 2.05) is 0 Å². The molecule has 0 aromatic carbocycles. The fourth-order valence-corrected chi connectivity index (χ4v) is 5.96. The predicted molar refractivity (Wildman–Crippen MR) is 57.1 cm³/mol. The van der Waals surface area contributed by atoms with Crippen molar-refractivity contribution in [1.82, 2.24) is 0 Å². The van der Waals surface area contributed by atoms with Gasteiger partial charge in [0.25, 0.3) is 0 Å². The molecule has 1 heteroatoms. The van der Waals surface area contributed by atoms with E-state index in [2.05, 4.69) is 38.2 Å². The molecule has 0 bridgehead atoms. The molecule has 0 aromatic rings. The third-order valence-corrected chi connectivity index (χ3v) is 6.68. The lowest BCUT2D eigenvalue weighted by Crippen LogP contribution is -2.07. The molecule has 0 amide bonds. The summed E-state index contributed by atoms with van der Waals surface area (Å²) in [5, 5.41) is 0. The summed E-state index contributed by atoms with van der Waals surface area (Å²) in [7, 11) is 0.258. The van der Waals surface area contributed by atoms with E-state index in [4.69, 9.17) is 0 Å². The predicted octanol–water partition coefficient (Wildman–Crippen LogP) is 3.53. The van der Waals surface area contributed by atoms with Gasteiger partial charge in [-0.2, -0.15) is 0 Å². The lowest BCUT2D eigenvalue weighted by molar-refractivity contribution is 0.777. The zero-order valence-electron chi connectivity index (χ0n) is 7.90. The summed E-state index contributed by atoms with van der Waals surface area (Å²) >= 11 is 0. The minimum Gasteiger partial charge on any atom is -0.0898 e. The fraction of sp³-hybridized carbons (Fsp3) is 0.636. The highest BCUT2D eigenvalue weighted by molar-refractivity contribution is 7.60. The van der Waals surface area contributed by atoms with Crippen LogP contribution in [0.1, 0.15) is 26.7 Å². The van der Waals surface area contributed by atoms with Crippen molar-refractivity contribution in [2.75, 3.05) is 0 Å². The summed E-state index contributed by atoms with van der Waals surface area (Å²) in [6.45, 7) is 4.88. The van der Waals surface area contributed by atoms with Crippen LogP contribution in [0.5, 0.6) is 0 Å². The van der Waals surface area contributed by atoms with Crippen molar-refractivity contribution in [2.45, 2.75) is 43.7 Å². The van der Waals surface area contributed by atoms with Gasteiger partial charge in [0, 0.05) is 5.66 Å². The molecule has 1 aliphatic carbocycles. The van der Waals surface area contributed by atoms with Crippen molar-refractivity contribution >= 4 is 7.92 Å². The van der Waals surface area contributed by atoms with Crippen LogP contribution in [-0.4, -0.2) is 17.0 Å². The average molecular weight is 180 g/mol. The third kappa shape index (κ3) is 1.38. The van der Waals surface area contributed by atoms with Crippen molar-refractivity contribution in [3.8, 4) is 0 Å². The summed E-state index contributed by atoms with van der Waals surface area (Å²) < 4.78 is 0. The average Bonchev–Trinajstić information content (AvgIpc) is 2.61. The van der Waals surface area contributed by atoms with Crippen molar-refractivity contribution in [3.05, 3.63) is 24.3 Å². The van der Waals surface area contributed by atoms with Gasteiger partial charge in [0.15, 0.2) is 0 Å². The van der Waals surface area contributed by atoms with Crippen LogP contribution in [0.2, 0.25) is 0 Å². The van der Waals surface area contributed by atoms with Crippen LogP contribution < -0.4 is 0 Å². The Morgan fingerprint density at radius 2 is 1.50 bits per heavy atom. The van der Waals surface area contributed by atoms with Gasteiger partial charge in [-0.1, -0.05) is 46.1 Å². The number of hydrogen-bond donors (Lipinski definition) is 0. The first kappa shape index (κ1) is 8.51. The van der Waals surface area contributed by atoms with Crippen LogP contribution >= 0.6 is 7.92 Å². The second-order valence-corrected chi connectivity index (χ2v) is 7.24. The van der Waals surface area contributed by atoms with Gasteiger partial charge in [-0.25, -0.2) is 0 Å². The summed E-state index contributed by atoms with van der Waals surface area (Å²) in [6.07, 6.45) is 12.1. The Morgan fingerprint density at radius 3 is 2.00 bits per heavy atom. The van der Waals surface area contributed by atoms with E-state index in [0.717, 1.165) is 17.0 Å². The molecule has 66 valence electrons. The first-order valence-corrected chi connectivity index (χ1v) is 6.46. The second kappa shape index (κ2) is 3.34. The van der Waals surface area contributed by atoms with Gasteiger partial charge in [-0.15, -0.1) is 0 Å². The van der Waals surface area contributed by atoms with Gasteiger partial charge in [-0.05, 0) is 24.2 Å². The molecule has 1 aliphatic heterocycles. The molecule has 0 saturated carbocycles. The zero-order chi connectivity index (χ0) is 8.55. The van der Waals surface area contributed by atoms with Gasteiger partial charge in [0.1, 0.15) is 0 Å². The number of rotatable bonds is 1. The van der Waals surface area contributed by atoms with E-state index >= 15 is 0 Å². The Bertz CT molecular complexity index is 195. The van der Waals surface area contributed by atoms with E-state index in [-0.39, 0.29) is 7.92 Å². The highest BCUT2D eigenvalue weighted by Gasteiger charge is 2.33. The van der Waals surface area contributed by atoms with Crippen LogP contribution in [0.3, 0.4) is 0 Å². The first-order valence-electron chi connectivity index (χ1n) is 4.91. The quantitative estimate of drug-likeness (QED) is 0.541. The van der Waals surface area contributed by atoms with Crippen molar-refractivity contribution in [1.29, 1.82) is 0 Å². The Labute approximate surface area is 76.5 Å². The van der Waals surface area contributed by atoms with Crippen molar-refractivity contribution in [3.63, 3.8) is 0 Å². The van der Waals surface area contributed by atoms with Crippen LogP contribution in [0, 0.1) is 0 Å². The molecule has 0 N–H and O–H groups in total. The molecule has 0 nitrogen and oxygen atoms in total. The second-order valence-electron chi connectivity index (χ2n) is 3.98. The van der Waals surface area contributed by atoms with Gasteiger partial charge in [0.2, 0.25) is 0 Å². The molecule has 1 fully saturated rings. The molecule has 2 rings (SSSR count). The molecule has 2 atom stereocenters. The molecule has 12 heavy (non-hydrogen) atoms. The maximum absolute atomic E-state index is 2.44. The summed E-state index contributed by atoms with van der Waals surface area (Å²) in [5.41, 5.74) is 2.80. The first-order chi connectivity index (χ1) is 5.79. The van der Waals surface area contributed by atoms with E-state index in [1.54, 1.807) is 0 Å². The molecular formula is C11H17P. The SMILES string of the molecule is C[C@@H]1CC[C@@H](C)P1C1C=CC=C1. The molecular weight excluding hydrogens is 163 g/mol. The van der Waals surface area contributed by atoms with Gasteiger partial charge < -0.3 is 0 Å². The Kier molecular flexibility index (Phi) is 2.37. The van der Waals surface area contributed by atoms with E-state index in [9.17, 15) is 0 Å². The van der Waals surface area contributed by atoms with Crippen LogP contribution in [0.15, 0.2) is 24.3 Å². The fourth-order valence-electron chi connectivity index (χ4n) is 2.42. The molecule has 0 unspecified atom stereocenters. The lowest BCUT2D eigenvalue weighted by Gasteiger charge is -2.25. The number of hydrogen-bond acceptors (Lipinski definition) is 0. The van der Waals surface area contributed by atoms with Gasteiger partial charge in [0.05, 0.1) is 0 Å². The Hall–Kier alpha value is -0.0900. The highest BCUT2D eigenvalue weighted by Crippen LogP contribution is 2.59. The lowest BCUT2D eigenvalue weighted by atomic mass is 10.2. The van der Waals surface area contributed by atoms with Crippen LogP contribution in [0.4, 0.5) is 0 Å². The minimum atomic E-state index is 0.258. The topological polar surface area (TPSA) is 0 Å². The maximum atomic E-state index is 2.44. The minimum absolute atomic E-state index is 0.258. The van der Waals surface area contributed by atoms with Crippen LogP contribution in [0.25, 0.3) is 0 Å². The molecule has 1 saturated heterocycles. The Morgan fingerprint density at radius 1 is 1.00 bits per heavy atom. The smallest absolute Gasteiger partial charge is 0.0161 e. The maximum Gasteiger partial charge on any atom is 0.0161 e. The van der Waals surface area contributed by atoms with Gasteiger partial charge in [-0.3, -0.25) is 0 Å². The monoisotopic (exact) mass is 180 g/mol. The molecule has 0 aromatic heterocycles. The molecule has 0 spiro atoms. The van der Waals surface area contributed by atoms with E-state index < -0.39 is 0 Å². The third-order valence-electron chi connectivity index (χ3n) is 3.09. The summed E-state index contributed by atoms with van der Waals surface area (Å²) in [6, 6.07) is 0. The normalized spacial score (nSPS) is 36.8. The molecule has 1 heterocycles. The molecule has 2 aliphatic rings. The highest BCUT2D eigenvalue weighted by atomic mass is 31.1. The van der Waals surface area contributed by atoms with Gasteiger partial charge >= 0.3 is 0 Å². The van der Waals surface area contributed by atoms with Crippen molar-refractivity contribution in [2.24, 2.45) is 0 Å². The zero-order valence-corrected chi connectivity index (χ0v) is 8.80. The van der Waals surface area contributed by atoms with Crippen LogP contribution in [-0.2, 0) is 0 Å². The number of allylic oxidation sites excluding steroid dienone is 4. The molecule has 0 radical (unpaired) electrons. The summed E-state index contributed by atoms with van der Waals surface area (Å²) in [4.78, 5) is 0.